The molecule has 0 bridgehead atoms. The summed E-state index contributed by atoms with van der Waals surface area (Å²) in [5.41, 5.74) is 5.93. The monoisotopic (exact) mass is 288 g/mol. The first-order chi connectivity index (χ1) is 7.54. The van der Waals surface area contributed by atoms with Crippen LogP contribution in [0.2, 0.25) is 0 Å². The SMILES string of the molecule is CCN(CC(N)=O)Cc1cccc(F)c1Br. The predicted molar refractivity (Wildman–Crippen MR) is 64.2 cm³/mol. The van der Waals surface area contributed by atoms with Gasteiger partial charge in [-0.2, -0.15) is 0 Å². The van der Waals surface area contributed by atoms with E-state index in [1.54, 1.807) is 6.07 Å². The van der Waals surface area contributed by atoms with Crippen molar-refractivity contribution in [3.05, 3.63) is 34.1 Å². The minimum absolute atomic E-state index is 0.180. The number of halogens is 2. The third-order valence-corrected chi connectivity index (χ3v) is 3.14. The van der Waals surface area contributed by atoms with Crippen LogP contribution in [0.3, 0.4) is 0 Å². The molecule has 0 unspecified atom stereocenters. The Labute approximate surface area is 103 Å². The molecule has 16 heavy (non-hydrogen) atoms. The minimum Gasteiger partial charge on any atom is -0.369 e. The fraction of sp³-hybridized carbons (Fsp3) is 0.364. The smallest absolute Gasteiger partial charge is 0.231 e. The summed E-state index contributed by atoms with van der Waals surface area (Å²) in [6.45, 7) is 3.29. The van der Waals surface area contributed by atoms with E-state index >= 15 is 0 Å². The number of rotatable bonds is 5. The van der Waals surface area contributed by atoms with Gasteiger partial charge in [-0.1, -0.05) is 19.1 Å². The molecule has 1 aromatic carbocycles. The second-order valence-corrected chi connectivity index (χ2v) is 4.28. The molecule has 1 amide bonds. The van der Waals surface area contributed by atoms with Crippen LogP contribution in [-0.2, 0) is 11.3 Å². The Kier molecular flexibility index (Phi) is 4.89. The molecule has 0 heterocycles. The largest absolute Gasteiger partial charge is 0.369 e. The second-order valence-electron chi connectivity index (χ2n) is 3.48. The first-order valence-electron chi connectivity index (χ1n) is 4.98. The number of benzene rings is 1. The fourth-order valence-corrected chi connectivity index (χ4v) is 1.80. The van der Waals surface area contributed by atoms with E-state index in [1.807, 2.05) is 17.9 Å². The molecule has 3 nitrogen and oxygen atoms in total. The number of carbonyl (C=O) groups excluding carboxylic acids is 1. The highest BCUT2D eigenvalue weighted by Crippen LogP contribution is 2.21. The van der Waals surface area contributed by atoms with Gasteiger partial charge in [0.1, 0.15) is 5.82 Å². The van der Waals surface area contributed by atoms with E-state index in [9.17, 15) is 9.18 Å². The summed E-state index contributed by atoms with van der Waals surface area (Å²) in [6.07, 6.45) is 0. The minimum atomic E-state index is -0.380. The molecule has 0 radical (unpaired) electrons. The van der Waals surface area contributed by atoms with Crippen molar-refractivity contribution in [2.45, 2.75) is 13.5 Å². The molecule has 0 saturated carbocycles. The zero-order valence-corrected chi connectivity index (χ0v) is 10.6. The van der Waals surface area contributed by atoms with Gasteiger partial charge in [-0.05, 0) is 34.1 Å². The highest BCUT2D eigenvalue weighted by Gasteiger charge is 2.10. The zero-order chi connectivity index (χ0) is 12.1. The van der Waals surface area contributed by atoms with Gasteiger partial charge in [0.05, 0.1) is 11.0 Å². The summed E-state index contributed by atoms with van der Waals surface area (Å²) in [7, 11) is 0. The lowest BCUT2D eigenvalue weighted by molar-refractivity contribution is -0.119. The third kappa shape index (κ3) is 3.57. The standard InChI is InChI=1S/C11H14BrFN2O/c1-2-15(7-10(14)16)6-8-4-3-5-9(13)11(8)12/h3-5H,2,6-7H2,1H3,(H2,14,16). The lowest BCUT2D eigenvalue weighted by Crippen LogP contribution is -2.33. The summed E-state index contributed by atoms with van der Waals surface area (Å²) in [6, 6.07) is 4.85. The lowest BCUT2D eigenvalue weighted by Gasteiger charge is -2.19. The van der Waals surface area contributed by atoms with Gasteiger partial charge in [0.2, 0.25) is 5.91 Å². The Bertz CT molecular complexity index is 384. The molecule has 0 aliphatic heterocycles. The first-order valence-corrected chi connectivity index (χ1v) is 5.77. The van der Waals surface area contributed by atoms with Crippen molar-refractivity contribution in [2.75, 3.05) is 13.1 Å². The summed E-state index contributed by atoms with van der Waals surface area (Å²) in [4.78, 5) is 12.7. The molecule has 2 N–H and O–H groups in total. The van der Waals surface area contributed by atoms with Crippen LogP contribution < -0.4 is 5.73 Å². The van der Waals surface area contributed by atoms with Crippen LogP contribution in [-0.4, -0.2) is 23.9 Å². The lowest BCUT2D eigenvalue weighted by atomic mass is 10.2. The van der Waals surface area contributed by atoms with E-state index in [0.29, 0.717) is 17.6 Å². The van der Waals surface area contributed by atoms with Gasteiger partial charge >= 0.3 is 0 Å². The second kappa shape index (κ2) is 5.96. The topological polar surface area (TPSA) is 46.3 Å². The Morgan fingerprint density at radius 3 is 2.81 bits per heavy atom. The van der Waals surface area contributed by atoms with Gasteiger partial charge in [-0.15, -0.1) is 0 Å². The van der Waals surface area contributed by atoms with E-state index in [-0.39, 0.29) is 18.3 Å². The van der Waals surface area contributed by atoms with Crippen LogP contribution >= 0.6 is 15.9 Å². The van der Waals surface area contributed by atoms with Crippen molar-refractivity contribution in [1.29, 1.82) is 0 Å². The molecular weight excluding hydrogens is 275 g/mol. The van der Waals surface area contributed by atoms with Crippen LogP contribution in [0.4, 0.5) is 4.39 Å². The number of carbonyl (C=O) groups is 1. The molecule has 0 atom stereocenters. The van der Waals surface area contributed by atoms with Crippen molar-refractivity contribution in [1.82, 2.24) is 4.90 Å². The highest BCUT2D eigenvalue weighted by molar-refractivity contribution is 9.10. The number of nitrogens with zero attached hydrogens (tertiary/aromatic N) is 1. The predicted octanol–water partition coefficient (Wildman–Crippen LogP) is 1.90. The summed E-state index contributed by atoms with van der Waals surface area (Å²) in [5, 5.41) is 0. The number of likely N-dealkylation sites (N-methyl/N-ethyl adjacent to an activating group) is 1. The Balaban J connectivity index is 2.77. The maximum Gasteiger partial charge on any atom is 0.231 e. The Hall–Kier alpha value is -0.940. The van der Waals surface area contributed by atoms with Crippen molar-refractivity contribution in [3.63, 3.8) is 0 Å². The van der Waals surface area contributed by atoms with Gasteiger partial charge in [-0.3, -0.25) is 9.69 Å². The van der Waals surface area contributed by atoms with Crippen molar-refractivity contribution >= 4 is 21.8 Å². The molecule has 1 aromatic rings. The van der Waals surface area contributed by atoms with Crippen LogP contribution in [0, 0.1) is 5.82 Å². The number of amides is 1. The van der Waals surface area contributed by atoms with Crippen LogP contribution in [0.1, 0.15) is 12.5 Å². The Morgan fingerprint density at radius 1 is 1.56 bits per heavy atom. The van der Waals surface area contributed by atoms with E-state index in [4.69, 9.17) is 5.73 Å². The molecule has 0 spiro atoms. The highest BCUT2D eigenvalue weighted by atomic mass is 79.9. The van der Waals surface area contributed by atoms with Crippen molar-refractivity contribution in [2.24, 2.45) is 5.73 Å². The van der Waals surface area contributed by atoms with Crippen LogP contribution in [0.25, 0.3) is 0 Å². The quantitative estimate of drug-likeness (QED) is 0.900. The molecule has 5 heteroatoms. The zero-order valence-electron chi connectivity index (χ0n) is 9.04. The molecule has 1 rings (SSSR count). The Morgan fingerprint density at radius 2 is 2.25 bits per heavy atom. The maximum atomic E-state index is 13.2. The summed E-state index contributed by atoms with van der Waals surface area (Å²) in [5.74, 6) is -0.679. The average molecular weight is 289 g/mol. The van der Waals surface area contributed by atoms with Gasteiger partial charge in [0.25, 0.3) is 0 Å². The van der Waals surface area contributed by atoms with E-state index in [0.717, 1.165) is 5.56 Å². The van der Waals surface area contributed by atoms with Gasteiger partial charge in [0.15, 0.2) is 0 Å². The molecular formula is C11H14BrFN2O. The van der Waals surface area contributed by atoms with E-state index in [2.05, 4.69) is 15.9 Å². The summed E-state index contributed by atoms with van der Waals surface area (Å²) < 4.78 is 13.7. The molecule has 0 saturated heterocycles. The van der Waals surface area contributed by atoms with Gasteiger partial charge in [-0.25, -0.2) is 4.39 Å². The number of hydrogen-bond acceptors (Lipinski definition) is 2. The molecule has 88 valence electrons. The normalized spacial score (nSPS) is 10.8. The van der Waals surface area contributed by atoms with Gasteiger partial charge < -0.3 is 5.73 Å². The molecule has 0 aliphatic rings. The third-order valence-electron chi connectivity index (χ3n) is 2.25. The van der Waals surface area contributed by atoms with E-state index < -0.39 is 0 Å². The van der Waals surface area contributed by atoms with Crippen molar-refractivity contribution < 1.29 is 9.18 Å². The van der Waals surface area contributed by atoms with E-state index in [1.165, 1.54) is 6.07 Å². The number of primary amides is 1. The maximum absolute atomic E-state index is 13.2. The fourth-order valence-electron chi connectivity index (χ4n) is 1.41. The van der Waals surface area contributed by atoms with Crippen LogP contribution in [0.15, 0.2) is 22.7 Å². The summed E-state index contributed by atoms with van der Waals surface area (Å²) >= 11 is 3.19. The molecule has 0 aromatic heterocycles. The average Bonchev–Trinajstić information content (AvgIpc) is 2.23. The van der Waals surface area contributed by atoms with Gasteiger partial charge in [0, 0.05) is 6.54 Å². The first kappa shape index (κ1) is 13.1. The van der Waals surface area contributed by atoms with Crippen molar-refractivity contribution in [3.8, 4) is 0 Å². The number of hydrogen-bond donors (Lipinski definition) is 1. The van der Waals surface area contributed by atoms with Crippen LogP contribution in [0.5, 0.6) is 0 Å². The molecule has 0 aliphatic carbocycles. The molecule has 0 fully saturated rings. The number of nitrogens with two attached hydrogens (primary N) is 1.